The number of hydrogen-bond acceptors (Lipinski definition) is 2. The molecule has 0 aromatic heterocycles. The number of fused-ring (bicyclic) bond motifs is 2. The average molecular weight is 273 g/mol. The van der Waals surface area contributed by atoms with E-state index in [9.17, 15) is 4.79 Å². The van der Waals surface area contributed by atoms with Crippen LogP contribution < -0.4 is 10.1 Å². The number of benzene rings is 1. The van der Waals surface area contributed by atoms with E-state index < -0.39 is 0 Å². The topological polar surface area (TPSA) is 38.3 Å². The molecule has 3 rings (SSSR count). The van der Waals surface area contributed by atoms with Crippen molar-refractivity contribution < 1.29 is 9.53 Å². The monoisotopic (exact) mass is 273 g/mol. The summed E-state index contributed by atoms with van der Waals surface area (Å²) in [6.07, 6.45) is 5.29. The molecule has 1 aromatic carbocycles. The Morgan fingerprint density at radius 2 is 1.95 bits per heavy atom. The second kappa shape index (κ2) is 5.47. The molecule has 1 N–H and O–H groups in total. The first-order valence-electron chi connectivity index (χ1n) is 7.69. The number of ether oxygens (including phenoxy) is 1. The lowest BCUT2D eigenvalue weighted by molar-refractivity contribution is 0.0923. The molecule has 2 fully saturated rings. The van der Waals surface area contributed by atoms with E-state index in [1.807, 2.05) is 38.1 Å². The van der Waals surface area contributed by atoms with E-state index in [0.29, 0.717) is 12.0 Å². The summed E-state index contributed by atoms with van der Waals surface area (Å²) in [7, 11) is 0. The maximum absolute atomic E-state index is 12.3. The highest BCUT2D eigenvalue weighted by Crippen LogP contribution is 2.44. The predicted octanol–water partition coefficient (Wildman–Crippen LogP) is 3.39. The molecule has 108 valence electrons. The smallest absolute Gasteiger partial charge is 0.251 e. The van der Waals surface area contributed by atoms with Crippen molar-refractivity contribution >= 4 is 5.91 Å². The number of carbonyl (C=O) groups is 1. The van der Waals surface area contributed by atoms with Gasteiger partial charge in [0.1, 0.15) is 5.75 Å². The van der Waals surface area contributed by atoms with Gasteiger partial charge < -0.3 is 10.1 Å². The van der Waals surface area contributed by atoms with Crippen molar-refractivity contribution in [2.24, 2.45) is 11.8 Å². The maximum Gasteiger partial charge on any atom is 0.251 e. The van der Waals surface area contributed by atoms with Gasteiger partial charge in [0, 0.05) is 11.6 Å². The lowest BCUT2D eigenvalue weighted by atomic mass is 9.95. The molecule has 2 saturated carbocycles. The molecular formula is C17H23NO2. The van der Waals surface area contributed by atoms with E-state index >= 15 is 0 Å². The van der Waals surface area contributed by atoms with Crippen molar-refractivity contribution in [3.05, 3.63) is 29.8 Å². The molecule has 2 aliphatic carbocycles. The summed E-state index contributed by atoms with van der Waals surface area (Å²) in [5.74, 6) is 2.44. The van der Waals surface area contributed by atoms with Crippen LogP contribution in [0, 0.1) is 11.8 Å². The molecule has 3 atom stereocenters. The summed E-state index contributed by atoms with van der Waals surface area (Å²) < 4.78 is 5.59. The van der Waals surface area contributed by atoms with E-state index in [1.165, 1.54) is 25.7 Å². The first kappa shape index (κ1) is 13.5. The van der Waals surface area contributed by atoms with Crippen molar-refractivity contribution in [3.8, 4) is 5.75 Å². The lowest BCUT2D eigenvalue weighted by Gasteiger charge is -2.22. The van der Waals surface area contributed by atoms with E-state index in [2.05, 4.69) is 5.32 Å². The zero-order chi connectivity index (χ0) is 14.1. The standard InChI is InChI=1S/C17H23NO2/c1-11(2)20-15-7-5-13(6-8-15)17(19)18-16-10-12-3-4-14(16)9-12/h5-8,11-12,14,16H,3-4,9-10H2,1-2H3,(H,18,19). The van der Waals surface area contributed by atoms with Crippen molar-refractivity contribution in [2.75, 3.05) is 0 Å². The largest absolute Gasteiger partial charge is 0.491 e. The van der Waals surface area contributed by atoms with Gasteiger partial charge in [-0.3, -0.25) is 4.79 Å². The third-order valence-corrected chi connectivity index (χ3v) is 4.54. The highest BCUT2D eigenvalue weighted by molar-refractivity contribution is 5.94. The van der Waals surface area contributed by atoms with Crippen LogP contribution in [0.2, 0.25) is 0 Å². The van der Waals surface area contributed by atoms with Crippen LogP contribution in [-0.4, -0.2) is 18.1 Å². The SMILES string of the molecule is CC(C)Oc1ccc(C(=O)NC2CC3CCC2C3)cc1. The number of nitrogens with one attached hydrogen (secondary N) is 1. The van der Waals surface area contributed by atoms with Crippen LogP contribution in [0.4, 0.5) is 0 Å². The van der Waals surface area contributed by atoms with E-state index in [0.717, 1.165) is 17.2 Å². The minimum absolute atomic E-state index is 0.0543. The Labute approximate surface area is 120 Å². The average Bonchev–Trinajstić information content (AvgIpc) is 3.01. The van der Waals surface area contributed by atoms with Gasteiger partial charge in [-0.15, -0.1) is 0 Å². The molecule has 3 heteroatoms. The Hall–Kier alpha value is -1.51. The molecule has 1 amide bonds. The molecule has 0 radical (unpaired) electrons. The van der Waals surface area contributed by atoms with Gasteiger partial charge >= 0.3 is 0 Å². The quantitative estimate of drug-likeness (QED) is 0.913. The van der Waals surface area contributed by atoms with Crippen LogP contribution >= 0.6 is 0 Å². The molecule has 0 heterocycles. The third kappa shape index (κ3) is 2.82. The van der Waals surface area contributed by atoms with Gasteiger partial charge in [0.25, 0.3) is 5.91 Å². The summed E-state index contributed by atoms with van der Waals surface area (Å²) in [6.45, 7) is 3.99. The van der Waals surface area contributed by atoms with Crippen LogP contribution in [0.5, 0.6) is 5.75 Å². The highest BCUT2D eigenvalue weighted by atomic mass is 16.5. The fourth-order valence-electron chi connectivity index (χ4n) is 3.63. The minimum atomic E-state index is 0.0543. The molecule has 2 aliphatic rings. The summed E-state index contributed by atoms with van der Waals surface area (Å²) in [5.41, 5.74) is 0.726. The zero-order valence-corrected chi connectivity index (χ0v) is 12.3. The van der Waals surface area contributed by atoms with Crippen molar-refractivity contribution in [3.63, 3.8) is 0 Å². The molecule has 0 spiro atoms. The summed E-state index contributed by atoms with van der Waals surface area (Å²) >= 11 is 0. The number of rotatable bonds is 4. The van der Waals surface area contributed by atoms with Gasteiger partial charge in [0.2, 0.25) is 0 Å². The second-order valence-corrected chi connectivity index (χ2v) is 6.45. The van der Waals surface area contributed by atoms with Crippen LogP contribution in [0.3, 0.4) is 0 Å². The fourth-order valence-corrected chi connectivity index (χ4v) is 3.63. The number of amides is 1. The molecular weight excluding hydrogens is 250 g/mol. The Morgan fingerprint density at radius 3 is 2.50 bits per heavy atom. The normalized spacial score (nSPS) is 27.9. The van der Waals surface area contributed by atoms with Crippen LogP contribution in [0.1, 0.15) is 49.9 Å². The first-order chi connectivity index (χ1) is 9.61. The van der Waals surface area contributed by atoms with Crippen molar-refractivity contribution in [1.29, 1.82) is 0 Å². The Kier molecular flexibility index (Phi) is 3.68. The van der Waals surface area contributed by atoms with Gasteiger partial charge in [0.15, 0.2) is 0 Å². The number of hydrogen-bond donors (Lipinski definition) is 1. The molecule has 3 nitrogen and oxygen atoms in total. The third-order valence-electron chi connectivity index (χ3n) is 4.54. The van der Waals surface area contributed by atoms with Gasteiger partial charge in [0.05, 0.1) is 6.10 Å². The van der Waals surface area contributed by atoms with Gasteiger partial charge in [-0.1, -0.05) is 6.42 Å². The van der Waals surface area contributed by atoms with Gasteiger partial charge in [-0.05, 0) is 69.2 Å². The Bertz CT molecular complexity index is 480. The van der Waals surface area contributed by atoms with Crippen molar-refractivity contribution in [1.82, 2.24) is 5.32 Å². The van der Waals surface area contributed by atoms with E-state index in [4.69, 9.17) is 4.74 Å². The molecule has 0 saturated heterocycles. The van der Waals surface area contributed by atoms with Crippen LogP contribution in [0.25, 0.3) is 0 Å². The molecule has 2 bridgehead atoms. The Balaban J connectivity index is 1.59. The fraction of sp³-hybridized carbons (Fsp3) is 0.588. The molecule has 20 heavy (non-hydrogen) atoms. The Morgan fingerprint density at radius 1 is 1.20 bits per heavy atom. The van der Waals surface area contributed by atoms with Gasteiger partial charge in [-0.25, -0.2) is 0 Å². The molecule has 1 aromatic rings. The van der Waals surface area contributed by atoms with Crippen LogP contribution in [0.15, 0.2) is 24.3 Å². The number of carbonyl (C=O) groups excluding carboxylic acids is 1. The van der Waals surface area contributed by atoms with Gasteiger partial charge in [-0.2, -0.15) is 0 Å². The summed E-state index contributed by atoms with van der Waals surface area (Å²) in [6, 6.07) is 7.83. The van der Waals surface area contributed by atoms with Crippen molar-refractivity contribution in [2.45, 2.75) is 51.7 Å². The highest BCUT2D eigenvalue weighted by Gasteiger charge is 2.40. The zero-order valence-electron chi connectivity index (χ0n) is 12.3. The second-order valence-electron chi connectivity index (χ2n) is 6.45. The van der Waals surface area contributed by atoms with E-state index in [-0.39, 0.29) is 12.0 Å². The summed E-state index contributed by atoms with van der Waals surface area (Å²) in [5, 5.41) is 3.21. The van der Waals surface area contributed by atoms with E-state index in [1.54, 1.807) is 0 Å². The predicted molar refractivity (Wildman–Crippen MR) is 78.9 cm³/mol. The summed E-state index contributed by atoms with van der Waals surface area (Å²) in [4.78, 5) is 12.3. The first-order valence-corrected chi connectivity index (χ1v) is 7.69. The lowest BCUT2D eigenvalue weighted by Crippen LogP contribution is -2.38. The molecule has 3 unspecified atom stereocenters. The minimum Gasteiger partial charge on any atom is -0.491 e. The molecule has 0 aliphatic heterocycles. The maximum atomic E-state index is 12.3. The van der Waals surface area contributed by atoms with Crippen LogP contribution in [-0.2, 0) is 0 Å².